The smallest absolute Gasteiger partial charge is 0.126 e. The summed E-state index contributed by atoms with van der Waals surface area (Å²) in [6, 6.07) is 15.8. The lowest BCUT2D eigenvalue weighted by Crippen LogP contribution is -2.49. The first-order valence-corrected chi connectivity index (χ1v) is 9.84. The lowest BCUT2D eigenvalue weighted by molar-refractivity contribution is 0.0846. The number of piperidine rings is 1. The normalized spacial score (nSPS) is 22.0. The Kier molecular flexibility index (Phi) is 6.55. The van der Waals surface area contributed by atoms with E-state index in [-0.39, 0.29) is 12.4 Å². The van der Waals surface area contributed by atoms with Crippen molar-refractivity contribution in [3.63, 3.8) is 0 Å². The number of pyridine rings is 1. The zero-order valence-electron chi connectivity index (χ0n) is 15.7. The average Bonchev–Trinajstić information content (AvgIpc) is 2.66. The molecule has 1 saturated heterocycles. The molecule has 3 nitrogen and oxygen atoms in total. The molecule has 0 spiro atoms. The molecule has 1 aromatic carbocycles. The summed E-state index contributed by atoms with van der Waals surface area (Å²) in [6.45, 7) is 5.67. The molecule has 2 atom stereocenters. The fourth-order valence-corrected chi connectivity index (χ4v) is 4.57. The van der Waals surface area contributed by atoms with Crippen molar-refractivity contribution < 1.29 is 0 Å². The summed E-state index contributed by atoms with van der Waals surface area (Å²) in [5.41, 5.74) is 4.09. The molecule has 1 aliphatic carbocycles. The number of rotatable bonds is 5. The van der Waals surface area contributed by atoms with E-state index in [9.17, 15) is 0 Å². The standard InChI is InChI=1S/C22H29N3.ClH/c1-2-12-25-13-6-9-19-14-20-18(15-21(19)25)10-11-22(24-20)23-16-17-7-4-3-5-8-17;/h3-5,7-8,10-11,19,21H,2,6,9,12-16H2,1H3,(H,23,24);1H. The van der Waals surface area contributed by atoms with E-state index < -0.39 is 0 Å². The van der Waals surface area contributed by atoms with Gasteiger partial charge in [0.1, 0.15) is 5.82 Å². The second-order valence-electron chi connectivity index (χ2n) is 7.56. The summed E-state index contributed by atoms with van der Waals surface area (Å²) >= 11 is 0. The summed E-state index contributed by atoms with van der Waals surface area (Å²) in [5, 5.41) is 3.49. The molecule has 0 bridgehead atoms. The van der Waals surface area contributed by atoms with Gasteiger partial charge in [-0.3, -0.25) is 4.90 Å². The Morgan fingerprint density at radius 3 is 2.77 bits per heavy atom. The summed E-state index contributed by atoms with van der Waals surface area (Å²) in [7, 11) is 0. The van der Waals surface area contributed by atoms with E-state index in [0.717, 1.165) is 30.7 Å². The van der Waals surface area contributed by atoms with E-state index in [4.69, 9.17) is 4.98 Å². The Morgan fingerprint density at radius 1 is 1.12 bits per heavy atom. The maximum atomic E-state index is 4.96. The summed E-state index contributed by atoms with van der Waals surface area (Å²) in [6.07, 6.45) is 6.32. The van der Waals surface area contributed by atoms with Gasteiger partial charge in [0, 0.05) is 18.3 Å². The van der Waals surface area contributed by atoms with Crippen molar-refractivity contribution in [2.45, 2.75) is 51.6 Å². The van der Waals surface area contributed by atoms with Gasteiger partial charge in [-0.05, 0) is 68.3 Å². The highest BCUT2D eigenvalue weighted by Crippen LogP contribution is 2.34. The molecule has 0 amide bonds. The first-order chi connectivity index (χ1) is 12.3. The van der Waals surface area contributed by atoms with Crippen LogP contribution in [0.4, 0.5) is 5.82 Å². The zero-order chi connectivity index (χ0) is 17.1. The van der Waals surface area contributed by atoms with Crippen molar-refractivity contribution in [3.8, 4) is 0 Å². The minimum absolute atomic E-state index is 0. The quantitative estimate of drug-likeness (QED) is 0.825. The number of fused-ring (bicyclic) bond motifs is 2. The van der Waals surface area contributed by atoms with Crippen molar-refractivity contribution in [1.82, 2.24) is 9.88 Å². The molecule has 0 radical (unpaired) electrons. The van der Waals surface area contributed by atoms with Gasteiger partial charge in [0.2, 0.25) is 0 Å². The molecule has 4 heteroatoms. The number of aromatic nitrogens is 1. The Bertz CT molecular complexity index is 702. The number of hydrogen-bond acceptors (Lipinski definition) is 3. The lowest BCUT2D eigenvalue weighted by Gasteiger charge is -2.44. The van der Waals surface area contributed by atoms with Crippen molar-refractivity contribution in [1.29, 1.82) is 0 Å². The average molecular weight is 372 g/mol. The third-order valence-electron chi connectivity index (χ3n) is 5.81. The highest BCUT2D eigenvalue weighted by Gasteiger charge is 2.35. The van der Waals surface area contributed by atoms with Gasteiger partial charge >= 0.3 is 0 Å². The highest BCUT2D eigenvalue weighted by molar-refractivity contribution is 5.85. The fraction of sp³-hybridized carbons (Fsp3) is 0.500. The van der Waals surface area contributed by atoms with Crippen molar-refractivity contribution in [3.05, 3.63) is 59.3 Å². The van der Waals surface area contributed by atoms with Crippen LogP contribution in [-0.2, 0) is 19.4 Å². The van der Waals surface area contributed by atoms with Crippen LogP contribution in [0.25, 0.3) is 0 Å². The van der Waals surface area contributed by atoms with Gasteiger partial charge in [-0.1, -0.05) is 43.3 Å². The van der Waals surface area contributed by atoms with Crippen LogP contribution in [0, 0.1) is 5.92 Å². The molecule has 0 saturated carbocycles. The lowest BCUT2D eigenvalue weighted by atomic mass is 9.77. The second kappa shape index (κ2) is 8.88. The molecular formula is C22H30ClN3. The van der Waals surface area contributed by atoms with E-state index in [1.54, 1.807) is 0 Å². The monoisotopic (exact) mass is 371 g/mol. The van der Waals surface area contributed by atoms with Gasteiger partial charge in [-0.15, -0.1) is 12.4 Å². The topological polar surface area (TPSA) is 28.2 Å². The number of benzene rings is 1. The largest absolute Gasteiger partial charge is 0.366 e. The second-order valence-corrected chi connectivity index (χ2v) is 7.56. The first-order valence-electron chi connectivity index (χ1n) is 9.84. The minimum Gasteiger partial charge on any atom is -0.366 e. The minimum atomic E-state index is 0. The number of nitrogens with one attached hydrogen (secondary N) is 1. The van der Waals surface area contributed by atoms with E-state index in [2.05, 4.69) is 59.6 Å². The van der Waals surface area contributed by atoms with Crippen LogP contribution < -0.4 is 5.32 Å². The molecule has 1 N–H and O–H groups in total. The molecule has 2 unspecified atom stereocenters. The van der Waals surface area contributed by atoms with Crippen molar-refractivity contribution >= 4 is 18.2 Å². The number of anilines is 1. The van der Waals surface area contributed by atoms with Gasteiger partial charge < -0.3 is 5.32 Å². The number of likely N-dealkylation sites (tertiary alicyclic amines) is 1. The number of halogens is 1. The first kappa shape index (κ1) is 19.2. The zero-order valence-corrected chi connectivity index (χ0v) is 16.5. The Hall–Kier alpha value is -1.58. The van der Waals surface area contributed by atoms with Crippen LogP contribution in [0.15, 0.2) is 42.5 Å². The van der Waals surface area contributed by atoms with Gasteiger partial charge in [-0.2, -0.15) is 0 Å². The number of nitrogens with zero attached hydrogens (tertiary/aromatic N) is 2. The molecule has 26 heavy (non-hydrogen) atoms. The van der Waals surface area contributed by atoms with Crippen LogP contribution in [0.3, 0.4) is 0 Å². The summed E-state index contributed by atoms with van der Waals surface area (Å²) in [5.74, 6) is 1.81. The van der Waals surface area contributed by atoms with Crippen LogP contribution in [-0.4, -0.2) is 29.0 Å². The van der Waals surface area contributed by atoms with E-state index in [0.29, 0.717) is 0 Å². The Balaban J connectivity index is 0.00000196. The van der Waals surface area contributed by atoms with E-state index >= 15 is 0 Å². The molecule has 1 fully saturated rings. The van der Waals surface area contributed by atoms with Gasteiger partial charge in [0.05, 0.1) is 0 Å². The molecule has 1 aliphatic heterocycles. The van der Waals surface area contributed by atoms with Crippen LogP contribution in [0.5, 0.6) is 0 Å². The maximum absolute atomic E-state index is 4.96. The number of hydrogen-bond donors (Lipinski definition) is 1. The van der Waals surface area contributed by atoms with Crippen LogP contribution in [0.1, 0.15) is 43.0 Å². The van der Waals surface area contributed by atoms with E-state index in [1.807, 2.05) is 0 Å². The van der Waals surface area contributed by atoms with Gasteiger partial charge in [-0.25, -0.2) is 4.98 Å². The van der Waals surface area contributed by atoms with Crippen LogP contribution in [0.2, 0.25) is 0 Å². The molecule has 4 rings (SSSR count). The Labute approximate surface area is 163 Å². The van der Waals surface area contributed by atoms with Crippen molar-refractivity contribution in [2.24, 2.45) is 5.92 Å². The van der Waals surface area contributed by atoms with Crippen LogP contribution >= 0.6 is 12.4 Å². The molecule has 2 aliphatic rings. The van der Waals surface area contributed by atoms with Gasteiger partial charge in [0.15, 0.2) is 0 Å². The maximum Gasteiger partial charge on any atom is 0.126 e. The molecule has 140 valence electrons. The van der Waals surface area contributed by atoms with Gasteiger partial charge in [0.25, 0.3) is 0 Å². The molecule has 1 aromatic heterocycles. The third kappa shape index (κ3) is 4.21. The molecule has 2 heterocycles. The fourth-order valence-electron chi connectivity index (χ4n) is 4.57. The highest BCUT2D eigenvalue weighted by atomic mass is 35.5. The predicted octanol–water partition coefficient (Wildman–Crippen LogP) is 4.70. The molecular weight excluding hydrogens is 342 g/mol. The van der Waals surface area contributed by atoms with Crippen molar-refractivity contribution in [2.75, 3.05) is 18.4 Å². The predicted molar refractivity (Wildman–Crippen MR) is 111 cm³/mol. The SMILES string of the molecule is CCCN1CCCC2Cc3nc(NCc4ccccc4)ccc3CC21.Cl. The molecule has 2 aromatic rings. The Morgan fingerprint density at radius 2 is 1.96 bits per heavy atom. The van der Waals surface area contributed by atoms with E-state index in [1.165, 1.54) is 55.6 Å². The summed E-state index contributed by atoms with van der Waals surface area (Å²) < 4.78 is 0. The summed E-state index contributed by atoms with van der Waals surface area (Å²) in [4.78, 5) is 7.70. The third-order valence-corrected chi connectivity index (χ3v) is 5.81.